The number of rotatable bonds is 7. The minimum Gasteiger partial charge on any atom is -0.484 e. The number of para-hydroxylation sites is 1. The first-order valence-electron chi connectivity index (χ1n) is 11.0. The van der Waals surface area contributed by atoms with E-state index in [1.165, 1.54) is 5.56 Å². The molecule has 2 aliphatic heterocycles. The number of carbonyl (C=O) groups excluding carboxylic acids is 2. The molecule has 2 heterocycles. The van der Waals surface area contributed by atoms with Crippen LogP contribution in [-0.2, 0) is 16.1 Å². The Bertz CT molecular complexity index is 895. The average Bonchev–Trinajstić information content (AvgIpc) is 3.11. The molecule has 0 bridgehead atoms. The molecule has 2 amide bonds. The van der Waals surface area contributed by atoms with Crippen LogP contribution in [0.4, 0.5) is 0 Å². The number of likely N-dealkylation sites (tertiary alicyclic amines) is 2. The molecule has 1 N–H and O–H groups in total. The van der Waals surface area contributed by atoms with Crippen LogP contribution in [0.25, 0.3) is 0 Å². The topological polar surface area (TPSA) is 61.9 Å². The van der Waals surface area contributed by atoms with Gasteiger partial charge in [0.1, 0.15) is 5.75 Å². The lowest BCUT2D eigenvalue weighted by Gasteiger charge is -2.50. The van der Waals surface area contributed by atoms with Crippen LogP contribution in [0.2, 0.25) is 0 Å². The lowest BCUT2D eigenvalue weighted by Crippen LogP contribution is -2.64. The Morgan fingerprint density at radius 2 is 1.68 bits per heavy atom. The Balaban J connectivity index is 1.39. The van der Waals surface area contributed by atoms with Crippen molar-refractivity contribution in [3.63, 3.8) is 0 Å². The summed E-state index contributed by atoms with van der Waals surface area (Å²) in [5.74, 6) is 0.644. The highest BCUT2D eigenvalue weighted by Crippen LogP contribution is 2.44. The third-order valence-electron chi connectivity index (χ3n) is 6.18. The Labute approximate surface area is 184 Å². The molecule has 2 aromatic rings. The van der Waals surface area contributed by atoms with Gasteiger partial charge in [-0.3, -0.25) is 14.5 Å². The average molecular weight is 422 g/mol. The first kappa shape index (κ1) is 21.4. The monoisotopic (exact) mass is 421 g/mol. The predicted octanol–water partition coefficient (Wildman–Crippen LogP) is 2.55. The highest BCUT2D eigenvalue weighted by Gasteiger charge is 2.57. The van der Waals surface area contributed by atoms with Gasteiger partial charge in [0.15, 0.2) is 6.61 Å². The summed E-state index contributed by atoms with van der Waals surface area (Å²) in [5, 5.41) is 3.09. The van der Waals surface area contributed by atoms with Crippen molar-refractivity contribution in [2.45, 2.75) is 26.4 Å². The molecule has 4 rings (SSSR count). The van der Waals surface area contributed by atoms with E-state index in [2.05, 4.69) is 22.3 Å². The Hall–Kier alpha value is -2.86. The van der Waals surface area contributed by atoms with E-state index in [9.17, 15) is 9.59 Å². The van der Waals surface area contributed by atoms with Gasteiger partial charge in [-0.05, 0) is 31.5 Å². The maximum absolute atomic E-state index is 13.0. The molecular formula is C25H31N3O3. The quantitative estimate of drug-likeness (QED) is 0.746. The van der Waals surface area contributed by atoms with Gasteiger partial charge in [-0.25, -0.2) is 0 Å². The Morgan fingerprint density at radius 1 is 1.03 bits per heavy atom. The van der Waals surface area contributed by atoms with E-state index < -0.39 is 0 Å². The lowest BCUT2D eigenvalue weighted by atomic mass is 9.71. The van der Waals surface area contributed by atoms with Crippen LogP contribution in [0.15, 0.2) is 60.7 Å². The third kappa shape index (κ3) is 4.90. The van der Waals surface area contributed by atoms with Crippen LogP contribution in [0.5, 0.6) is 5.75 Å². The molecule has 2 fully saturated rings. The Morgan fingerprint density at radius 3 is 2.32 bits per heavy atom. The second kappa shape index (κ2) is 9.10. The first-order valence-corrected chi connectivity index (χ1v) is 11.0. The molecule has 0 aliphatic carbocycles. The van der Waals surface area contributed by atoms with E-state index in [1.54, 1.807) is 0 Å². The zero-order chi connectivity index (χ0) is 21.8. The van der Waals surface area contributed by atoms with Gasteiger partial charge in [0.25, 0.3) is 5.91 Å². The summed E-state index contributed by atoms with van der Waals surface area (Å²) in [6.45, 7) is 7.56. The molecule has 1 atom stereocenters. The second-order valence-corrected chi connectivity index (χ2v) is 9.08. The molecule has 1 unspecified atom stereocenters. The standard InChI is InChI=1S/C25H31N3O3/c1-19(2)26-24(30)22-14-27(13-20-9-5-3-6-10-20)16-25(22)17-28(18-25)23(29)15-31-21-11-7-4-8-12-21/h3-12,19,22H,13-18H2,1-2H3,(H,26,30). The lowest BCUT2D eigenvalue weighted by molar-refractivity contribution is -0.151. The van der Waals surface area contributed by atoms with Gasteiger partial charge in [-0.2, -0.15) is 0 Å². The number of benzene rings is 2. The minimum atomic E-state index is -0.184. The SMILES string of the molecule is CC(C)NC(=O)C1CN(Cc2ccccc2)CC12CN(C(=O)COc1ccccc1)C2. The zero-order valence-corrected chi connectivity index (χ0v) is 18.3. The van der Waals surface area contributed by atoms with E-state index in [1.807, 2.05) is 67.3 Å². The summed E-state index contributed by atoms with van der Waals surface area (Å²) in [6.07, 6.45) is 0. The van der Waals surface area contributed by atoms with E-state index in [0.29, 0.717) is 18.8 Å². The zero-order valence-electron chi connectivity index (χ0n) is 18.3. The van der Waals surface area contributed by atoms with Crippen molar-refractivity contribution in [2.75, 3.05) is 32.8 Å². The van der Waals surface area contributed by atoms with Gasteiger partial charge in [0.2, 0.25) is 5.91 Å². The fourth-order valence-electron chi connectivity index (χ4n) is 4.74. The molecular weight excluding hydrogens is 390 g/mol. The molecule has 164 valence electrons. The van der Waals surface area contributed by atoms with E-state index in [0.717, 1.165) is 19.6 Å². The van der Waals surface area contributed by atoms with Crippen LogP contribution in [0.3, 0.4) is 0 Å². The van der Waals surface area contributed by atoms with Gasteiger partial charge in [0.05, 0.1) is 5.92 Å². The molecule has 0 aromatic heterocycles. The number of hydrogen-bond acceptors (Lipinski definition) is 4. The van der Waals surface area contributed by atoms with Crippen molar-refractivity contribution in [3.05, 3.63) is 66.2 Å². The van der Waals surface area contributed by atoms with Crippen molar-refractivity contribution in [1.82, 2.24) is 15.1 Å². The van der Waals surface area contributed by atoms with Crippen LogP contribution in [0, 0.1) is 11.3 Å². The Kier molecular flexibility index (Phi) is 6.28. The van der Waals surface area contributed by atoms with E-state index in [4.69, 9.17) is 4.74 Å². The van der Waals surface area contributed by atoms with Crippen LogP contribution in [-0.4, -0.2) is 60.4 Å². The molecule has 0 saturated carbocycles. The highest BCUT2D eigenvalue weighted by atomic mass is 16.5. The number of carbonyl (C=O) groups is 2. The number of amides is 2. The molecule has 1 spiro atoms. The fourth-order valence-corrected chi connectivity index (χ4v) is 4.74. The second-order valence-electron chi connectivity index (χ2n) is 9.08. The first-order chi connectivity index (χ1) is 14.9. The number of nitrogens with one attached hydrogen (secondary N) is 1. The number of hydrogen-bond donors (Lipinski definition) is 1. The molecule has 6 nitrogen and oxygen atoms in total. The van der Waals surface area contributed by atoms with Gasteiger partial charge in [-0.1, -0.05) is 48.5 Å². The van der Waals surface area contributed by atoms with Crippen LogP contribution in [0.1, 0.15) is 19.4 Å². The summed E-state index contributed by atoms with van der Waals surface area (Å²) in [6, 6.07) is 19.8. The molecule has 6 heteroatoms. The minimum absolute atomic E-state index is 0.0245. The van der Waals surface area contributed by atoms with Crippen molar-refractivity contribution in [3.8, 4) is 5.75 Å². The molecule has 2 saturated heterocycles. The highest BCUT2D eigenvalue weighted by molar-refractivity contribution is 5.83. The van der Waals surface area contributed by atoms with Gasteiger partial charge in [0, 0.05) is 44.2 Å². The number of ether oxygens (including phenoxy) is 1. The van der Waals surface area contributed by atoms with Gasteiger partial charge >= 0.3 is 0 Å². The van der Waals surface area contributed by atoms with Crippen molar-refractivity contribution in [2.24, 2.45) is 11.3 Å². The van der Waals surface area contributed by atoms with Crippen molar-refractivity contribution >= 4 is 11.8 Å². The molecule has 2 aromatic carbocycles. The smallest absolute Gasteiger partial charge is 0.260 e. The van der Waals surface area contributed by atoms with E-state index >= 15 is 0 Å². The normalized spacial score (nSPS) is 20.0. The maximum atomic E-state index is 13.0. The molecule has 31 heavy (non-hydrogen) atoms. The summed E-state index contributed by atoms with van der Waals surface area (Å²) < 4.78 is 5.62. The fraction of sp³-hybridized carbons (Fsp3) is 0.440. The third-order valence-corrected chi connectivity index (χ3v) is 6.18. The van der Waals surface area contributed by atoms with Gasteiger partial charge < -0.3 is 15.0 Å². The molecule has 2 aliphatic rings. The largest absolute Gasteiger partial charge is 0.484 e. The number of nitrogens with zero attached hydrogens (tertiary/aromatic N) is 2. The van der Waals surface area contributed by atoms with Crippen LogP contribution < -0.4 is 10.1 Å². The predicted molar refractivity (Wildman–Crippen MR) is 119 cm³/mol. The summed E-state index contributed by atoms with van der Waals surface area (Å²) in [5.41, 5.74) is 1.06. The summed E-state index contributed by atoms with van der Waals surface area (Å²) >= 11 is 0. The van der Waals surface area contributed by atoms with Crippen molar-refractivity contribution in [1.29, 1.82) is 0 Å². The van der Waals surface area contributed by atoms with Crippen LogP contribution >= 0.6 is 0 Å². The molecule has 0 radical (unpaired) electrons. The maximum Gasteiger partial charge on any atom is 0.260 e. The summed E-state index contributed by atoms with van der Waals surface area (Å²) in [4.78, 5) is 29.8. The summed E-state index contributed by atoms with van der Waals surface area (Å²) in [7, 11) is 0. The van der Waals surface area contributed by atoms with E-state index in [-0.39, 0.29) is 35.8 Å². The van der Waals surface area contributed by atoms with Gasteiger partial charge in [-0.15, -0.1) is 0 Å². The van der Waals surface area contributed by atoms with Crippen molar-refractivity contribution < 1.29 is 14.3 Å².